The van der Waals surface area contributed by atoms with Gasteiger partial charge in [-0.2, -0.15) is 0 Å². The lowest BCUT2D eigenvalue weighted by molar-refractivity contribution is -0.138. The highest BCUT2D eigenvalue weighted by molar-refractivity contribution is 5.79. The van der Waals surface area contributed by atoms with E-state index in [4.69, 9.17) is 5.11 Å². The van der Waals surface area contributed by atoms with Crippen molar-refractivity contribution in [1.29, 1.82) is 0 Å². The largest absolute Gasteiger partial charge is 0.384 e. The number of amides is 1. The molecule has 0 fully saturated rings. The quantitative estimate of drug-likeness (QED) is 0.708. The summed E-state index contributed by atoms with van der Waals surface area (Å²) in [5.41, 5.74) is 1.02. The summed E-state index contributed by atoms with van der Waals surface area (Å²) in [6.45, 7) is 1.99. The zero-order valence-corrected chi connectivity index (χ0v) is 7.82. The van der Waals surface area contributed by atoms with Crippen molar-refractivity contribution < 1.29 is 9.90 Å². The second-order valence-electron chi connectivity index (χ2n) is 3.09. The van der Waals surface area contributed by atoms with Gasteiger partial charge in [0.05, 0.1) is 0 Å². The molecule has 0 spiro atoms. The summed E-state index contributed by atoms with van der Waals surface area (Å²) in [6, 6.07) is 1.89. The van der Waals surface area contributed by atoms with Crippen LogP contribution in [0.15, 0.2) is 18.5 Å². The van der Waals surface area contributed by atoms with E-state index in [1.165, 1.54) is 11.8 Å². The van der Waals surface area contributed by atoms with Crippen molar-refractivity contribution in [1.82, 2.24) is 9.88 Å². The van der Waals surface area contributed by atoms with Crippen LogP contribution in [0.2, 0.25) is 0 Å². The summed E-state index contributed by atoms with van der Waals surface area (Å²) >= 11 is 0. The zero-order chi connectivity index (χ0) is 9.84. The first-order chi connectivity index (χ1) is 6.11. The van der Waals surface area contributed by atoms with Gasteiger partial charge >= 0.3 is 0 Å². The Hall–Kier alpha value is -1.29. The van der Waals surface area contributed by atoms with E-state index in [1.807, 2.05) is 12.3 Å². The molecule has 0 aliphatic heterocycles. The summed E-state index contributed by atoms with van der Waals surface area (Å²) in [4.78, 5) is 15.6. The number of aliphatic hydroxyl groups is 1. The van der Waals surface area contributed by atoms with Gasteiger partial charge in [0.2, 0.25) is 0 Å². The van der Waals surface area contributed by atoms with Crippen molar-refractivity contribution in [2.75, 3.05) is 7.05 Å². The van der Waals surface area contributed by atoms with Gasteiger partial charge in [-0.1, -0.05) is 0 Å². The van der Waals surface area contributed by atoms with Crippen molar-refractivity contribution in [3.63, 3.8) is 0 Å². The second-order valence-corrected chi connectivity index (χ2v) is 3.09. The maximum atomic E-state index is 11.2. The van der Waals surface area contributed by atoms with E-state index in [-0.39, 0.29) is 5.91 Å². The summed E-state index contributed by atoms with van der Waals surface area (Å²) in [5.74, 6) is -0.263. The predicted molar refractivity (Wildman–Crippen MR) is 48.9 cm³/mol. The lowest BCUT2D eigenvalue weighted by Crippen LogP contribution is -2.33. The van der Waals surface area contributed by atoms with Crippen LogP contribution in [0, 0.1) is 0 Å². The summed E-state index contributed by atoms with van der Waals surface area (Å²) in [5, 5.41) is 9.02. The van der Waals surface area contributed by atoms with Gasteiger partial charge in [0.1, 0.15) is 6.10 Å². The van der Waals surface area contributed by atoms with Crippen LogP contribution in [-0.2, 0) is 11.3 Å². The normalized spacial score (nSPS) is 12.5. The lowest BCUT2D eigenvalue weighted by Gasteiger charge is -2.17. The third-order valence-electron chi connectivity index (χ3n) is 1.82. The molecule has 13 heavy (non-hydrogen) atoms. The third kappa shape index (κ3) is 2.59. The Morgan fingerprint density at radius 1 is 1.77 bits per heavy atom. The minimum absolute atomic E-state index is 0.263. The number of carbonyl (C=O) groups is 1. The molecular weight excluding hydrogens is 168 g/mol. The van der Waals surface area contributed by atoms with Gasteiger partial charge < -0.3 is 15.0 Å². The van der Waals surface area contributed by atoms with Gasteiger partial charge in [-0.05, 0) is 18.6 Å². The molecule has 1 unspecified atom stereocenters. The summed E-state index contributed by atoms with van der Waals surface area (Å²) < 4.78 is 0. The number of nitrogens with zero attached hydrogens (tertiary/aromatic N) is 1. The van der Waals surface area contributed by atoms with Gasteiger partial charge in [-0.15, -0.1) is 0 Å². The number of hydrogen-bond acceptors (Lipinski definition) is 2. The fourth-order valence-electron chi connectivity index (χ4n) is 1.13. The molecular formula is C9H14N2O2. The van der Waals surface area contributed by atoms with Crippen molar-refractivity contribution in [3.05, 3.63) is 24.0 Å². The number of aromatic amines is 1. The van der Waals surface area contributed by atoms with Gasteiger partial charge in [-0.25, -0.2) is 0 Å². The number of nitrogens with one attached hydrogen (secondary N) is 1. The Morgan fingerprint density at radius 3 is 2.92 bits per heavy atom. The van der Waals surface area contributed by atoms with Crippen LogP contribution in [-0.4, -0.2) is 34.0 Å². The highest BCUT2D eigenvalue weighted by Crippen LogP contribution is 2.02. The van der Waals surface area contributed by atoms with Crippen LogP contribution in [0.5, 0.6) is 0 Å². The minimum Gasteiger partial charge on any atom is -0.384 e. The van der Waals surface area contributed by atoms with E-state index in [0.717, 1.165) is 5.56 Å². The van der Waals surface area contributed by atoms with Crippen molar-refractivity contribution in [2.45, 2.75) is 19.6 Å². The van der Waals surface area contributed by atoms with Crippen LogP contribution >= 0.6 is 0 Å². The fraction of sp³-hybridized carbons (Fsp3) is 0.444. The third-order valence-corrected chi connectivity index (χ3v) is 1.82. The first-order valence-electron chi connectivity index (χ1n) is 4.16. The molecule has 0 bridgehead atoms. The van der Waals surface area contributed by atoms with Crippen LogP contribution < -0.4 is 0 Å². The molecule has 2 N–H and O–H groups in total. The van der Waals surface area contributed by atoms with E-state index >= 15 is 0 Å². The first-order valence-corrected chi connectivity index (χ1v) is 4.16. The van der Waals surface area contributed by atoms with Crippen LogP contribution in [0.3, 0.4) is 0 Å². The molecule has 1 atom stereocenters. The van der Waals surface area contributed by atoms with Gasteiger partial charge in [-0.3, -0.25) is 4.79 Å². The summed E-state index contributed by atoms with van der Waals surface area (Å²) in [6.07, 6.45) is 2.70. The predicted octanol–water partition coefficient (Wildman–Crippen LogP) is 0.354. The smallest absolute Gasteiger partial charge is 0.251 e. The average molecular weight is 182 g/mol. The molecule has 4 heteroatoms. The highest BCUT2D eigenvalue weighted by Gasteiger charge is 2.14. The molecule has 1 aromatic heterocycles. The number of hydrogen-bond donors (Lipinski definition) is 2. The molecule has 1 amide bonds. The Kier molecular flexibility index (Phi) is 3.08. The molecule has 4 nitrogen and oxygen atoms in total. The van der Waals surface area contributed by atoms with E-state index < -0.39 is 6.10 Å². The Labute approximate surface area is 77.2 Å². The van der Waals surface area contributed by atoms with E-state index in [9.17, 15) is 4.79 Å². The topological polar surface area (TPSA) is 56.3 Å². The van der Waals surface area contributed by atoms with Gasteiger partial charge in [0.25, 0.3) is 5.91 Å². The number of aromatic nitrogens is 1. The van der Waals surface area contributed by atoms with E-state index in [0.29, 0.717) is 6.54 Å². The van der Waals surface area contributed by atoms with Gasteiger partial charge in [0, 0.05) is 26.0 Å². The maximum Gasteiger partial charge on any atom is 0.251 e. The van der Waals surface area contributed by atoms with Gasteiger partial charge in [0.15, 0.2) is 0 Å². The second kappa shape index (κ2) is 4.09. The Balaban J connectivity index is 2.51. The van der Waals surface area contributed by atoms with Crippen LogP contribution in [0.25, 0.3) is 0 Å². The number of carbonyl (C=O) groups excluding carboxylic acids is 1. The standard InChI is InChI=1S/C9H14N2O2/c1-7(12)9(13)11(2)6-8-3-4-10-5-8/h3-5,7,10,12H,6H2,1-2H3. The number of rotatable bonds is 3. The molecule has 1 heterocycles. The van der Waals surface area contributed by atoms with Crippen LogP contribution in [0.4, 0.5) is 0 Å². The Morgan fingerprint density at radius 2 is 2.46 bits per heavy atom. The number of H-pyrrole nitrogens is 1. The van der Waals surface area contributed by atoms with E-state index in [2.05, 4.69) is 4.98 Å². The zero-order valence-electron chi connectivity index (χ0n) is 7.82. The molecule has 0 aliphatic rings. The van der Waals surface area contributed by atoms with Crippen LogP contribution in [0.1, 0.15) is 12.5 Å². The maximum absolute atomic E-state index is 11.2. The Bertz CT molecular complexity index is 267. The van der Waals surface area contributed by atoms with Crippen molar-refractivity contribution in [2.24, 2.45) is 0 Å². The first kappa shape index (κ1) is 9.80. The molecule has 0 saturated heterocycles. The monoisotopic (exact) mass is 182 g/mol. The van der Waals surface area contributed by atoms with E-state index in [1.54, 1.807) is 13.2 Å². The molecule has 0 aromatic carbocycles. The molecule has 0 aliphatic carbocycles. The lowest BCUT2D eigenvalue weighted by atomic mass is 10.3. The number of aliphatic hydroxyl groups excluding tert-OH is 1. The fourth-order valence-corrected chi connectivity index (χ4v) is 1.13. The molecule has 0 saturated carbocycles. The molecule has 1 aromatic rings. The molecule has 0 radical (unpaired) electrons. The van der Waals surface area contributed by atoms with Crippen molar-refractivity contribution in [3.8, 4) is 0 Å². The average Bonchev–Trinajstić information content (AvgIpc) is 2.55. The molecule has 1 rings (SSSR count). The summed E-state index contributed by atoms with van der Waals surface area (Å²) in [7, 11) is 1.67. The highest BCUT2D eigenvalue weighted by atomic mass is 16.3. The van der Waals surface area contributed by atoms with Crippen molar-refractivity contribution >= 4 is 5.91 Å². The number of likely N-dealkylation sites (N-methyl/N-ethyl adjacent to an activating group) is 1. The molecule has 72 valence electrons. The SMILES string of the molecule is CC(O)C(=O)N(C)Cc1cc[nH]c1. The minimum atomic E-state index is -0.927.